The second-order valence-corrected chi connectivity index (χ2v) is 13.2. The number of β-lactam (4-membered cyclic amide) rings is 1. The third-order valence-electron chi connectivity index (χ3n) is 6.84. The van der Waals surface area contributed by atoms with Crippen LogP contribution in [0.25, 0.3) is 0 Å². The van der Waals surface area contributed by atoms with E-state index in [1.165, 1.54) is 51.9 Å². The molecule has 0 bridgehead atoms. The summed E-state index contributed by atoms with van der Waals surface area (Å²) in [6, 6.07) is 5.00. The maximum atomic E-state index is 13.4. The Bertz CT molecular complexity index is 1500. The summed E-state index contributed by atoms with van der Waals surface area (Å²) in [4.78, 5) is 64.7. The number of thioether (sulfide) groups is 2. The Morgan fingerprint density at radius 1 is 1.25 bits per heavy atom. The van der Waals surface area contributed by atoms with Crippen LogP contribution < -0.4 is 11.1 Å². The van der Waals surface area contributed by atoms with E-state index in [2.05, 4.69) is 15.5 Å². The molecule has 236 valence electrons. The highest BCUT2D eigenvalue weighted by Crippen LogP contribution is 2.42. The van der Waals surface area contributed by atoms with Gasteiger partial charge in [-0.1, -0.05) is 47.4 Å². The van der Waals surface area contributed by atoms with Crippen molar-refractivity contribution in [3.05, 3.63) is 51.7 Å². The number of fused-ring (bicyclic) bond motifs is 1. The standard InChI is InChI=1S/C26H27N5O9S3.ClH/c1-11-17(40-26(37)39-11)8-38-24(36)19-13(10-42-25-30-29-12(2)43-25)9-41-23-18(22(35)31(19)23)28-21(34)20(33)15-6-4-3-5-14(15)16(32)7-27;/h3-6,11,17-18,20,23,33H,7-10,27H2,1-2H3,(H,28,34);1H/t11?,17?,18?,20?,23-;/m0./s1. The second-order valence-electron chi connectivity index (χ2n) is 9.67. The van der Waals surface area contributed by atoms with Crippen LogP contribution in [0.15, 0.2) is 39.9 Å². The van der Waals surface area contributed by atoms with Crippen molar-refractivity contribution >= 4 is 77.0 Å². The van der Waals surface area contributed by atoms with Crippen molar-refractivity contribution in [2.45, 2.75) is 47.9 Å². The van der Waals surface area contributed by atoms with Crippen LogP contribution in [-0.4, -0.2) is 98.2 Å². The van der Waals surface area contributed by atoms with E-state index in [1.54, 1.807) is 19.1 Å². The van der Waals surface area contributed by atoms with Gasteiger partial charge < -0.3 is 30.4 Å². The topological polar surface area (TPSA) is 200 Å². The van der Waals surface area contributed by atoms with Crippen LogP contribution >= 0.6 is 47.3 Å². The Kier molecular flexibility index (Phi) is 10.9. The molecule has 3 aliphatic heterocycles. The fraction of sp³-hybridized carbons (Fsp3) is 0.423. The molecule has 4 heterocycles. The van der Waals surface area contributed by atoms with E-state index in [-0.39, 0.29) is 42.4 Å². The summed E-state index contributed by atoms with van der Waals surface area (Å²) < 4.78 is 16.1. The number of rotatable bonds is 11. The van der Waals surface area contributed by atoms with Gasteiger partial charge in [0.1, 0.15) is 34.8 Å². The van der Waals surface area contributed by atoms with Crippen molar-refractivity contribution in [3.8, 4) is 0 Å². The van der Waals surface area contributed by atoms with Gasteiger partial charge in [0.25, 0.3) is 11.8 Å². The van der Waals surface area contributed by atoms with E-state index in [9.17, 15) is 29.1 Å². The molecule has 4 unspecified atom stereocenters. The molecule has 0 spiro atoms. The van der Waals surface area contributed by atoms with Crippen molar-refractivity contribution in [1.82, 2.24) is 20.4 Å². The monoisotopic (exact) mass is 685 g/mol. The largest absolute Gasteiger partial charge is 0.509 e. The first-order valence-electron chi connectivity index (χ1n) is 13.0. The Balaban J connectivity index is 0.00000442. The molecule has 18 heteroatoms. The van der Waals surface area contributed by atoms with Gasteiger partial charge in [-0.3, -0.25) is 19.3 Å². The summed E-state index contributed by atoms with van der Waals surface area (Å²) in [5.74, 6) is -2.04. The number of nitrogens with one attached hydrogen (secondary N) is 1. The number of aromatic nitrogens is 2. The van der Waals surface area contributed by atoms with Gasteiger partial charge in [0.2, 0.25) is 0 Å². The highest BCUT2D eigenvalue weighted by atomic mass is 35.5. The summed E-state index contributed by atoms with van der Waals surface area (Å²) in [6.45, 7) is 2.84. The number of aliphatic hydroxyl groups is 1. The predicted molar refractivity (Wildman–Crippen MR) is 161 cm³/mol. The summed E-state index contributed by atoms with van der Waals surface area (Å²) in [5, 5.41) is 21.5. The van der Waals surface area contributed by atoms with Crippen molar-refractivity contribution in [2.24, 2.45) is 5.73 Å². The summed E-state index contributed by atoms with van der Waals surface area (Å²) in [7, 11) is 0. The lowest BCUT2D eigenvalue weighted by molar-refractivity contribution is -0.154. The highest BCUT2D eigenvalue weighted by Gasteiger charge is 2.55. The molecule has 2 amide bonds. The second kappa shape index (κ2) is 14.3. The number of hydrogen-bond donors (Lipinski definition) is 3. The first kappa shape index (κ1) is 33.7. The van der Waals surface area contributed by atoms with E-state index in [0.29, 0.717) is 21.4 Å². The molecule has 1 aromatic heterocycles. The molecule has 1 aromatic carbocycles. The molecular formula is C26H28ClN5O9S3. The van der Waals surface area contributed by atoms with Crippen LogP contribution in [0, 0.1) is 6.92 Å². The van der Waals surface area contributed by atoms with E-state index >= 15 is 0 Å². The number of hydrogen-bond acceptors (Lipinski definition) is 15. The van der Waals surface area contributed by atoms with E-state index in [0.717, 1.165) is 5.01 Å². The number of nitrogens with zero attached hydrogens (tertiary/aromatic N) is 3. The number of aliphatic hydroxyl groups excluding tert-OH is 1. The molecule has 0 aliphatic carbocycles. The lowest BCUT2D eigenvalue weighted by atomic mass is 9.97. The molecule has 3 aliphatic rings. The number of cyclic esters (lactones) is 2. The van der Waals surface area contributed by atoms with E-state index < -0.39 is 59.4 Å². The Labute approximate surface area is 269 Å². The van der Waals surface area contributed by atoms with Gasteiger partial charge in [0.05, 0.1) is 6.54 Å². The van der Waals surface area contributed by atoms with Gasteiger partial charge in [0, 0.05) is 22.6 Å². The Morgan fingerprint density at radius 2 is 2.00 bits per heavy atom. The molecule has 14 nitrogen and oxygen atoms in total. The molecule has 5 rings (SSSR count). The van der Waals surface area contributed by atoms with Crippen LogP contribution in [0.4, 0.5) is 4.79 Å². The summed E-state index contributed by atoms with van der Waals surface area (Å²) in [6.07, 6.45) is -4.02. The minimum Gasteiger partial charge on any atom is -0.457 e. The number of Topliss-reactive ketones (excluding diaryl/α,β-unsaturated/α-hetero) is 1. The molecule has 4 N–H and O–H groups in total. The smallest absolute Gasteiger partial charge is 0.457 e. The van der Waals surface area contributed by atoms with Crippen molar-refractivity contribution in [2.75, 3.05) is 24.7 Å². The molecule has 5 atom stereocenters. The summed E-state index contributed by atoms with van der Waals surface area (Å²) in [5.41, 5.74) is 6.28. The average molecular weight is 686 g/mol. The van der Waals surface area contributed by atoms with Crippen LogP contribution in [0.3, 0.4) is 0 Å². The number of ketones is 1. The minimum absolute atomic E-state index is 0. The number of amides is 2. The van der Waals surface area contributed by atoms with Gasteiger partial charge in [-0.05, 0) is 19.4 Å². The van der Waals surface area contributed by atoms with Crippen LogP contribution in [0.2, 0.25) is 0 Å². The van der Waals surface area contributed by atoms with Crippen molar-refractivity contribution in [1.29, 1.82) is 0 Å². The average Bonchev–Trinajstić information content (AvgIpc) is 3.58. The first-order chi connectivity index (χ1) is 20.6. The van der Waals surface area contributed by atoms with Gasteiger partial charge in [-0.25, -0.2) is 9.59 Å². The zero-order valence-corrected chi connectivity index (χ0v) is 26.6. The molecular weight excluding hydrogens is 658 g/mol. The van der Waals surface area contributed by atoms with Gasteiger partial charge in [-0.2, -0.15) is 0 Å². The number of nitrogens with two attached hydrogens (primary N) is 1. The van der Waals surface area contributed by atoms with Gasteiger partial charge >= 0.3 is 12.1 Å². The van der Waals surface area contributed by atoms with Gasteiger partial charge in [-0.15, -0.1) is 34.4 Å². The number of halogens is 1. The number of carbonyl (C=O) groups is 5. The third kappa shape index (κ3) is 6.87. The molecule has 2 fully saturated rings. The molecule has 0 radical (unpaired) electrons. The van der Waals surface area contributed by atoms with Crippen LogP contribution in [-0.2, 0) is 28.6 Å². The van der Waals surface area contributed by atoms with Crippen molar-refractivity contribution < 1.29 is 43.3 Å². The summed E-state index contributed by atoms with van der Waals surface area (Å²) >= 11 is 4.09. The fourth-order valence-electron chi connectivity index (χ4n) is 4.61. The van der Waals surface area contributed by atoms with E-state index in [1.807, 2.05) is 6.92 Å². The van der Waals surface area contributed by atoms with Gasteiger partial charge in [0.15, 0.2) is 22.3 Å². The Morgan fingerprint density at radius 3 is 2.66 bits per heavy atom. The quantitative estimate of drug-likeness (QED) is 0.132. The predicted octanol–water partition coefficient (Wildman–Crippen LogP) is 1.36. The first-order valence-corrected chi connectivity index (χ1v) is 15.9. The molecule has 44 heavy (non-hydrogen) atoms. The fourth-order valence-corrected chi connectivity index (χ4v) is 7.91. The SMILES string of the molecule is Cc1nnc(SCC2=C(C(=O)OCC3OC(=O)OC3C)N3C(=O)C(NC(=O)C(O)c4ccccc4C(=O)CN)[C@@H]3SC2)s1.Cl. The number of ether oxygens (including phenoxy) is 3. The van der Waals surface area contributed by atoms with Crippen molar-refractivity contribution in [3.63, 3.8) is 0 Å². The Hall–Kier alpha value is -3.22. The maximum Gasteiger partial charge on any atom is 0.509 e. The highest BCUT2D eigenvalue weighted by molar-refractivity contribution is 8.01. The lowest BCUT2D eigenvalue weighted by Crippen LogP contribution is -2.71. The van der Waals surface area contributed by atoms with Crippen LogP contribution in [0.5, 0.6) is 0 Å². The zero-order chi connectivity index (χ0) is 30.8. The number of aryl methyl sites for hydroxylation is 1. The molecule has 2 saturated heterocycles. The number of carbonyl (C=O) groups excluding carboxylic acids is 5. The number of esters is 1. The third-order valence-corrected chi connectivity index (χ3v) is 10.2. The van der Waals surface area contributed by atoms with E-state index in [4.69, 9.17) is 19.9 Å². The zero-order valence-electron chi connectivity index (χ0n) is 23.3. The maximum absolute atomic E-state index is 13.4. The lowest BCUT2D eigenvalue weighted by Gasteiger charge is -2.49. The van der Waals surface area contributed by atoms with Crippen LogP contribution in [0.1, 0.15) is 34.0 Å². The molecule has 0 saturated carbocycles. The number of benzene rings is 1. The molecule has 2 aromatic rings. The normalized spacial score (nSPS) is 23.0. The minimum atomic E-state index is -1.73.